The fourth-order valence-electron chi connectivity index (χ4n) is 2.14. The number of hydrogen-bond donors (Lipinski definition) is 2. The van der Waals surface area contributed by atoms with Gasteiger partial charge in [0.2, 0.25) is 0 Å². The lowest BCUT2D eigenvalue weighted by Gasteiger charge is -2.25. The van der Waals surface area contributed by atoms with Crippen LogP contribution >= 0.6 is 0 Å². The van der Waals surface area contributed by atoms with Crippen molar-refractivity contribution in [1.29, 1.82) is 0 Å². The van der Waals surface area contributed by atoms with E-state index < -0.39 is 18.1 Å². The number of hydrogen-bond acceptors (Lipinski definition) is 3. The van der Waals surface area contributed by atoms with Crippen LogP contribution in [0.5, 0.6) is 5.75 Å². The first-order chi connectivity index (χ1) is 9.69. The van der Waals surface area contributed by atoms with Crippen molar-refractivity contribution in [3.05, 3.63) is 29.8 Å². The van der Waals surface area contributed by atoms with Gasteiger partial charge in [-0.2, -0.15) is 8.78 Å². The highest BCUT2D eigenvalue weighted by Crippen LogP contribution is 2.17. The molecule has 0 saturated carbocycles. The van der Waals surface area contributed by atoms with Gasteiger partial charge < -0.3 is 15.2 Å². The Morgan fingerprint density at radius 1 is 1.43 bits per heavy atom. The van der Waals surface area contributed by atoms with Gasteiger partial charge in [0, 0.05) is 12.1 Å². The zero-order chi connectivity index (χ0) is 16.0. The van der Waals surface area contributed by atoms with Gasteiger partial charge >= 0.3 is 6.61 Å². The maximum atomic E-state index is 12.1. The lowest BCUT2D eigenvalue weighted by molar-refractivity contribution is -0.0498. The van der Waals surface area contributed by atoms with Gasteiger partial charge in [0.15, 0.2) is 0 Å². The number of carbonyl (C=O) groups is 1. The fourth-order valence-corrected chi connectivity index (χ4v) is 2.14. The summed E-state index contributed by atoms with van der Waals surface area (Å²) in [6.45, 7) is 2.74. The van der Waals surface area contributed by atoms with Gasteiger partial charge in [-0.3, -0.25) is 4.79 Å². The van der Waals surface area contributed by atoms with Crippen LogP contribution in [0.2, 0.25) is 0 Å². The predicted molar refractivity (Wildman–Crippen MR) is 75.5 cm³/mol. The second-order valence-electron chi connectivity index (χ2n) is 5.68. The number of halogens is 2. The Balaban J connectivity index is 2.63. The standard InChI is InChI=1S/C15H21F2NO3/c1-10(2)8-15(3,20)9-18-13(19)11-5-4-6-12(7-11)21-14(16)17/h4-7,10,14,20H,8-9H2,1-3H3,(H,18,19). The Kier molecular flexibility index (Phi) is 6.08. The van der Waals surface area contributed by atoms with Gasteiger partial charge in [0.1, 0.15) is 5.75 Å². The highest BCUT2D eigenvalue weighted by Gasteiger charge is 2.22. The van der Waals surface area contributed by atoms with Crippen LogP contribution in [0.3, 0.4) is 0 Å². The van der Waals surface area contributed by atoms with E-state index in [1.807, 2.05) is 13.8 Å². The average molecular weight is 301 g/mol. The quantitative estimate of drug-likeness (QED) is 0.814. The Morgan fingerprint density at radius 2 is 2.10 bits per heavy atom. The van der Waals surface area contributed by atoms with Crippen molar-refractivity contribution < 1.29 is 23.4 Å². The summed E-state index contributed by atoms with van der Waals surface area (Å²) in [5.74, 6) is -0.231. The van der Waals surface area contributed by atoms with Crippen molar-refractivity contribution >= 4 is 5.91 Å². The van der Waals surface area contributed by atoms with Crippen LogP contribution in [0.4, 0.5) is 8.78 Å². The summed E-state index contributed by atoms with van der Waals surface area (Å²) in [6, 6.07) is 5.53. The first kappa shape index (κ1) is 17.4. The van der Waals surface area contributed by atoms with Gasteiger partial charge in [-0.15, -0.1) is 0 Å². The van der Waals surface area contributed by atoms with Crippen molar-refractivity contribution in [3.8, 4) is 5.75 Å². The lowest BCUT2D eigenvalue weighted by atomic mass is 9.94. The highest BCUT2D eigenvalue weighted by atomic mass is 19.3. The van der Waals surface area contributed by atoms with E-state index in [0.29, 0.717) is 12.3 Å². The molecule has 0 saturated heterocycles. The van der Waals surface area contributed by atoms with Crippen molar-refractivity contribution in [2.75, 3.05) is 6.54 Å². The number of aliphatic hydroxyl groups is 1. The Bertz CT molecular complexity index is 476. The SMILES string of the molecule is CC(C)CC(C)(O)CNC(=O)c1cccc(OC(F)F)c1. The molecule has 21 heavy (non-hydrogen) atoms. The maximum absolute atomic E-state index is 12.1. The molecule has 0 aliphatic heterocycles. The minimum atomic E-state index is -2.94. The molecular formula is C15H21F2NO3. The second-order valence-corrected chi connectivity index (χ2v) is 5.68. The summed E-state index contributed by atoms with van der Waals surface area (Å²) in [5.41, 5.74) is -0.811. The second kappa shape index (κ2) is 7.36. The summed E-state index contributed by atoms with van der Waals surface area (Å²) < 4.78 is 28.5. The van der Waals surface area contributed by atoms with Crippen LogP contribution in [0.25, 0.3) is 0 Å². The van der Waals surface area contributed by atoms with E-state index in [1.165, 1.54) is 24.3 Å². The molecule has 6 heteroatoms. The van der Waals surface area contributed by atoms with Gasteiger partial charge in [-0.05, 0) is 37.5 Å². The monoisotopic (exact) mass is 301 g/mol. The summed E-state index contributed by atoms with van der Waals surface area (Å²) in [5, 5.41) is 12.7. The molecule has 0 heterocycles. The molecule has 0 bridgehead atoms. The van der Waals surface area contributed by atoms with Crippen LogP contribution in [0.15, 0.2) is 24.3 Å². The topological polar surface area (TPSA) is 58.6 Å². The number of benzene rings is 1. The molecule has 0 aliphatic rings. The molecule has 0 fully saturated rings. The molecule has 1 rings (SSSR count). The summed E-state index contributed by atoms with van der Waals surface area (Å²) in [6.07, 6.45) is 0.543. The van der Waals surface area contributed by atoms with Gasteiger partial charge in [0.25, 0.3) is 5.91 Å². The van der Waals surface area contributed by atoms with Gasteiger partial charge in [0.05, 0.1) is 5.60 Å². The van der Waals surface area contributed by atoms with E-state index in [2.05, 4.69) is 10.1 Å². The minimum absolute atomic E-state index is 0.0772. The van der Waals surface area contributed by atoms with E-state index in [0.717, 1.165) is 0 Å². The molecule has 118 valence electrons. The zero-order valence-corrected chi connectivity index (χ0v) is 12.4. The fraction of sp³-hybridized carbons (Fsp3) is 0.533. The third kappa shape index (κ3) is 6.53. The highest BCUT2D eigenvalue weighted by molar-refractivity contribution is 5.94. The molecule has 1 amide bonds. The minimum Gasteiger partial charge on any atom is -0.435 e. The van der Waals surface area contributed by atoms with Gasteiger partial charge in [-0.25, -0.2) is 0 Å². The number of ether oxygens (including phenoxy) is 1. The van der Waals surface area contributed by atoms with Crippen molar-refractivity contribution in [1.82, 2.24) is 5.32 Å². The number of nitrogens with one attached hydrogen (secondary N) is 1. The molecule has 1 aromatic carbocycles. The summed E-state index contributed by atoms with van der Waals surface area (Å²) in [4.78, 5) is 11.9. The number of alkyl halides is 2. The molecule has 1 unspecified atom stereocenters. The number of carbonyl (C=O) groups excluding carboxylic acids is 1. The van der Waals surface area contributed by atoms with Crippen LogP contribution in [0, 0.1) is 5.92 Å². The molecule has 1 atom stereocenters. The summed E-state index contributed by atoms with van der Waals surface area (Å²) >= 11 is 0. The molecule has 0 aliphatic carbocycles. The van der Waals surface area contributed by atoms with Crippen LogP contribution in [0.1, 0.15) is 37.6 Å². The van der Waals surface area contributed by atoms with Crippen LogP contribution < -0.4 is 10.1 Å². The Hall–Kier alpha value is -1.69. The third-order valence-corrected chi connectivity index (χ3v) is 2.80. The van der Waals surface area contributed by atoms with Crippen LogP contribution in [-0.2, 0) is 0 Å². The smallest absolute Gasteiger partial charge is 0.387 e. The Morgan fingerprint density at radius 3 is 2.67 bits per heavy atom. The molecular weight excluding hydrogens is 280 g/mol. The maximum Gasteiger partial charge on any atom is 0.387 e. The molecule has 0 spiro atoms. The first-order valence-electron chi connectivity index (χ1n) is 6.75. The number of amides is 1. The molecule has 4 nitrogen and oxygen atoms in total. The molecule has 1 aromatic rings. The van der Waals surface area contributed by atoms with Gasteiger partial charge in [-0.1, -0.05) is 19.9 Å². The van der Waals surface area contributed by atoms with E-state index in [-0.39, 0.29) is 17.9 Å². The first-order valence-corrected chi connectivity index (χ1v) is 6.75. The van der Waals surface area contributed by atoms with E-state index in [1.54, 1.807) is 6.92 Å². The Labute approximate surface area is 123 Å². The number of rotatable bonds is 7. The van der Waals surface area contributed by atoms with Crippen molar-refractivity contribution in [3.63, 3.8) is 0 Å². The molecule has 0 aromatic heterocycles. The molecule has 0 radical (unpaired) electrons. The van der Waals surface area contributed by atoms with Crippen molar-refractivity contribution in [2.24, 2.45) is 5.92 Å². The normalized spacial score (nSPS) is 14.1. The van der Waals surface area contributed by atoms with Crippen molar-refractivity contribution in [2.45, 2.75) is 39.4 Å². The third-order valence-electron chi connectivity index (χ3n) is 2.80. The van der Waals surface area contributed by atoms with E-state index in [4.69, 9.17) is 0 Å². The van der Waals surface area contributed by atoms with E-state index >= 15 is 0 Å². The average Bonchev–Trinajstić information content (AvgIpc) is 2.34. The predicted octanol–water partition coefficient (Wildman–Crippen LogP) is 2.81. The zero-order valence-electron chi connectivity index (χ0n) is 12.4. The van der Waals surface area contributed by atoms with Crippen LogP contribution in [-0.4, -0.2) is 29.8 Å². The summed E-state index contributed by atoms with van der Waals surface area (Å²) in [7, 11) is 0. The molecule has 2 N–H and O–H groups in total. The lowest BCUT2D eigenvalue weighted by Crippen LogP contribution is -2.41. The largest absolute Gasteiger partial charge is 0.435 e. The van der Waals surface area contributed by atoms with E-state index in [9.17, 15) is 18.7 Å².